The Morgan fingerprint density at radius 1 is 1.26 bits per heavy atom. The van der Waals surface area contributed by atoms with E-state index in [2.05, 4.69) is 19.6 Å². The Bertz CT molecular complexity index is 644. The lowest BCUT2D eigenvalue weighted by molar-refractivity contribution is 0.600. The Labute approximate surface area is 119 Å². The van der Waals surface area contributed by atoms with Crippen molar-refractivity contribution in [3.63, 3.8) is 0 Å². The topological polar surface area (TPSA) is 75.2 Å². The molecule has 1 N–H and O–H groups in total. The molecule has 102 valence electrons. The number of rotatable bonds is 4. The molecule has 0 unspecified atom stereocenters. The zero-order chi connectivity index (χ0) is 13.3. The number of aromatic nitrogens is 2. The van der Waals surface area contributed by atoms with Crippen LogP contribution in [0.15, 0.2) is 22.1 Å². The summed E-state index contributed by atoms with van der Waals surface area (Å²) in [5.41, 5.74) is 0. The summed E-state index contributed by atoms with van der Waals surface area (Å²) in [6.45, 7) is 2.03. The van der Waals surface area contributed by atoms with Gasteiger partial charge in [0.25, 0.3) is 10.0 Å². The van der Waals surface area contributed by atoms with Crippen LogP contribution in [0.3, 0.4) is 0 Å². The van der Waals surface area contributed by atoms with E-state index in [1.807, 2.05) is 0 Å². The predicted octanol–water partition coefficient (Wildman–Crippen LogP) is 2.00. The number of hydrogen-bond acceptors (Lipinski definition) is 7. The van der Waals surface area contributed by atoms with Crippen LogP contribution in [0, 0.1) is 0 Å². The van der Waals surface area contributed by atoms with Crippen LogP contribution in [0.1, 0.15) is 12.8 Å². The molecule has 0 bridgehead atoms. The molecule has 6 nitrogen and oxygen atoms in total. The van der Waals surface area contributed by atoms with Gasteiger partial charge in [-0.15, -0.1) is 11.3 Å². The average Bonchev–Trinajstić information content (AvgIpc) is 3.11. The van der Waals surface area contributed by atoms with E-state index in [-0.39, 0.29) is 4.34 Å². The van der Waals surface area contributed by atoms with Gasteiger partial charge in [-0.05, 0) is 12.8 Å². The van der Waals surface area contributed by atoms with E-state index in [1.165, 1.54) is 30.4 Å². The van der Waals surface area contributed by atoms with Crippen LogP contribution in [0.25, 0.3) is 0 Å². The quantitative estimate of drug-likeness (QED) is 0.934. The lowest BCUT2D eigenvalue weighted by atomic mass is 10.4. The Balaban J connectivity index is 1.77. The monoisotopic (exact) mass is 316 g/mol. The first kappa shape index (κ1) is 12.8. The van der Waals surface area contributed by atoms with Crippen molar-refractivity contribution in [2.75, 3.05) is 22.7 Å². The molecule has 1 fully saturated rings. The van der Waals surface area contributed by atoms with Gasteiger partial charge in [-0.1, -0.05) is 11.3 Å². The van der Waals surface area contributed by atoms with Gasteiger partial charge in [0.2, 0.25) is 4.34 Å². The van der Waals surface area contributed by atoms with E-state index < -0.39 is 10.0 Å². The van der Waals surface area contributed by atoms with Crippen molar-refractivity contribution in [2.45, 2.75) is 17.2 Å². The van der Waals surface area contributed by atoms with Crippen LogP contribution < -0.4 is 9.62 Å². The molecule has 2 aromatic heterocycles. The van der Waals surface area contributed by atoms with Gasteiger partial charge in [0.05, 0.1) is 6.20 Å². The summed E-state index contributed by atoms with van der Waals surface area (Å²) in [4.78, 5) is 10.1. The molecule has 1 aliphatic rings. The van der Waals surface area contributed by atoms with Gasteiger partial charge in [0, 0.05) is 24.7 Å². The number of thiazole rings is 2. The van der Waals surface area contributed by atoms with Crippen molar-refractivity contribution >= 4 is 42.8 Å². The first-order valence-corrected chi connectivity index (χ1v) is 8.96. The zero-order valence-electron chi connectivity index (χ0n) is 9.94. The normalized spacial score (nSPS) is 15.9. The highest BCUT2D eigenvalue weighted by Crippen LogP contribution is 2.30. The molecule has 19 heavy (non-hydrogen) atoms. The molecule has 0 spiro atoms. The molecular formula is C10H12N4O2S3. The van der Waals surface area contributed by atoms with Crippen LogP contribution in [0.5, 0.6) is 0 Å². The summed E-state index contributed by atoms with van der Waals surface area (Å²) in [7, 11) is -3.59. The average molecular weight is 316 g/mol. The Hall–Kier alpha value is -1.19. The van der Waals surface area contributed by atoms with E-state index in [9.17, 15) is 8.42 Å². The third-order valence-corrected chi connectivity index (χ3v) is 6.41. The van der Waals surface area contributed by atoms with E-state index in [0.29, 0.717) is 5.13 Å². The smallest absolute Gasteiger partial charge is 0.291 e. The first-order chi connectivity index (χ1) is 9.15. The lowest BCUT2D eigenvalue weighted by Crippen LogP contribution is -2.15. The van der Waals surface area contributed by atoms with Crippen molar-refractivity contribution in [3.05, 3.63) is 17.8 Å². The van der Waals surface area contributed by atoms with Gasteiger partial charge in [-0.2, -0.15) is 8.42 Å². The van der Waals surface area contributed by atoms with Crippen molar-refractivity contribution in [1.82, 2.24) is 9.97 Å². The molecule has 0 aliphatic carbocycles. The van der Waals surface area contributed by atoms with Crippen LogP contribution in [0.2, 0.25) is 0 Å². The Morgan fingerprint density at radius 3 is 2.74 bits per heavy atom. The molecule has 3 rings (SSSR count). The third-order valence-electron chi connectivity index (χ3n) is 2.77. The summed E-state index contributed by atoms with van der Waals surface area (Å²) in [5, 5.41) is 3.03. The molecule has 0 atom stereocenters. The van der Waals surface area contributed by atoms with Crippen molar-refractivity contribution in [1.29, 1.82) is 0 Å². The van der Waals surface area contributed by atoms with Gasteiger partial charge >= 0.3 is 0 Å². The Morgan fingerprint density at radius 2 is 2.05 bits per heavy atom. The zero-order valence-corrected chi connectivity index (χ0v) is 12.4. The minimum Gasteiger partial charge on any atom is -0.362 e. The minimum atomic E-state index is -3.59. The van der Waals surface area contributed by atoms with Gasteiger partial charge in [0.15, 0.2) is 5.13 Å². The largest absolute Gasteiger partial charge is 0.362 e. The van der Waals surface area contributed by atoms with Gasteiger partial charge in [0.1, 0.15) is 5.00 Å². The lowest BCUT2D eigenvalue weighted by Gasteiger charge is -2.12. The van der Waals surface area contributed by atoms with Gasteiger partial charge in [-0.3, -0.25) is 4.72 Å². The van der Waals surface area contributed by atoms with Crippen LogP contribution in [-0.4, -0.2) is 31.5 Å². The number of hydrogen-bond donors (Lipinski definition) is 1. The molecule has 0 aromatic carbocycles. The highest BCUT2D eigenvalue weighted by atomic mass is 32.2. The van der Waals surface area contributed by atoms with Gasteiger partial charge in [-0.25, -0.2) is 9.97 Å². The van der Waals surface area contributed by atoms with E-state index in [4.69, 9.17) is 0 Å². The summed E-state index contributed by atoms with van der Waals surface area (Å²) in [5.74, 6) is 0. The fraction of sp³-hybridized carbons (Fsp3) is 0.400. The SMILES string of the molecule is O=S(=O)(Nc1ncc(N2CCCC2)s1)c1nccs1. The molecule has 0 radical (unpaired) electrons. The molecule has 1 aliphatic heterocycles. The third kappa shape index (κ3) is 2.72. The standard InChI is InChI=1S/C10H12N4O2S3/c15-19(16,10-11-3-6-17-10)13-9-12-7-8(18-9)14-4-1-2-5-14/h3,6-7H,1-2,4-5H2,(H,12,13). The second-order valence-electron chi connectivity index (χ2n) is 4.10. The van der Waals surface area contributed by atoms with Gasteiger partial charge < -0.3 is 4.90 Å². The van der Waals surface area contributed by atoms with E-state index in [1.54, 1.807) is 11.6 Å². The number of nitrogens with one attached hydrogen (secondary N) is 1. The van der Waals surface area contributed by atoms with Crippen molar-refractivity contribution in [3.8, 4) is 0 Å². The summed E-state index contributed by atoms with van der Waals surface area (Å²) in [6.07, 6.45) is 5.54. The molecule has 2 aromatic rings. The molecule has 0 amide bonds. The molecule has 0 saturated carbocycles. The van der Waals surface area contributed by atoms with Crippen LogP contribution >= 0.6 is 22.7 Å². The minimum absolute atomic E-state index is 0.0606. The van der Waals surface area contributed by atoms with Crippen molar-refractivity contribution < 1.29 is 8.42 Å². The Kier molecular flexibility index (Phi) is 3.42. The molecule has 1 saturated heterocycles. The van der Waals surface area contributed by atoms with E-state index >= 15 is 0 Å². The highest BCUT2D eigenvalue weighted by molar-refractivity contribution is 7.94. The molecule has 3 heterocycles. The van der Waals surface area contributed by atoms with Crippen molar-refractivity contribution in [2.24, 2.45) is 0 Å². The molecular weight excluding hydrogens is 304 g/mol. The second-order valence-corrected chi connectivity index (χ2v) is 7.86. The first-order valence-electron chi connectivity index (χ1n) is 5.78. The summed E-state index contributed by atoms with van der Waals surface area (Å²) in [6, 6.07) is 0. The predicted molar refractivity (Wildman–Crippen MR) is 76.5 cm³/mol. The molecule has 9 heteroatoms. The summed E-state index contributed by atoms with van der Waals surface area (Å²) < 4.78 is 26.5. The number of sulfonamides is 1. The maximum Gasteiger partial charge on any atom is 0.291 e. The number of nitrogens with zero attached hydrogens (tertiary/aromatic N) is 3. The van der Waals surface area contributed by atoms with E-state index in [0.717, 1.165) is 29.4 Å². The maximum absolute atomic E-state index is 12.0. The fourth-order valence-corrected chi connectivity index (χ4v) is 4.84. The highest BCUT2D eigenvalue weighted by Gasteiger charge is 2.20. The summed E-state index contributed by atoms with van der Waals surface area (Å²) >= 11 is 2.44. The van der Waals surface area contributed by atoms with Crippen LogP contribution in [0.4, 0.5) is 10.1 Å². The van der Waals surface area contributed by atoms with Crippen LogP contribution in [-0.2, 0) is 10.0 Å². The second kappa shape index (κ2) is 5.06. The fourth-order valence-electron chi connectivity index (χ4n) is 1.90. The number of anilines is 2. The maximum atomic E-state index is 12.0.